The van der Waals surface area contributed by atoms with Crippen LogP contribution in [0, 0.1) is 11.8 Å². The molecule has 2 aromatic rings. The highest BCUT2D eigenvalue weighted by molar-refractivity contribution is 6.03. The fraction of sp³-hybridized carbons (Fsp3) is 0.421. The van der Waals surface area contributed by atoms with Gasteiger partial charge in [-0.15, -0.1) is 0 Å². The van der Waals surface area contributed by atoms with Crippen LogP contribution in [-0.4, -0.2) is 66.3 Å². The van der Waals surface area contributed by atoms with Gasteiger partial charge in [0.25, 0.3) is 5.91 Å². The van der Waals surface area contributed by atoms with Crippen LogP contribution in [0.3, 0.4) is 0 Å². The van der Waals surface area contributed by atoms with Gasteiger partial charge in [0.2, 0.25) is 0 Å². The fourth-order valence-electron chi connectivity index (χ4n) is 3.59. The SMILES string of the molecule is CN(C)C[C@@H]1CN(C(=O)c2ccc3ccccc3c2O)C[C@@H]1CO. The summed E-state index contributed by atoms with van der Waals surface area (Å²) in [4.78, 5) is 16.7. The van der Waals surface area contributed by atoms with Crippen LogP contribution in [0.2, 0.25) is 0 Å². The molecule has 2 atom stereocenters. The highest BCUT2D eigenvalue weighted by Gasteiger charge is 2.36. The minimum Gasteiger partial charge on any atom is -0.506 e. The van der Waals surface area contributed by atoms with Gasteiger partial charge >= 0.3 is 0 Å². The van der Waals surface area contributed by atoms with E-state index in [1.807, 2.05) is 44.4 Å². The highest BCUT2D eigenvalue weighted by Crippen LogP contribution is 2.32. The Morgan fingerprint density at radius 1 is 1.17 bits per heavy atom. The monoisotopic (exact) mass is 328 g/mol. The molecule has 24 heavy (non-hydrogen) atoms. The van der Waals surface area contributed by atoms with Crippen molar-refractivity contribution in [2.75, 3.05) is 40.3 Å². The van der Waals surface area contributed by atoms with Crippen molar-refractivity contribution < 1.29 is 15.0 Å². The molecule has 0 bridgehead atoms. The van der Waals surface area contributed by atoms with E-state index in [-0.39, 0.29) is 30.1 Å². The third kappa shape index (κ3) is 3.09. The van der Waals surface area contributed by atoms with E-state index in [0.29, 0.717) is 24.0 Å². The quantitative estimate of drug-likeness (QED) is 0.898. The van der Waals surface area contributed by atoms with E-state index in [0.717, 1.165) is 11.9 Å². The molecule has 3 rings (SSSR count). The van der Waals surface area contributed by atoms with E-state index in [2.05, 4.69) is 4.90 Å². The Kier molecular flexibility index (Phi) is 4.73. The maximum atomic E-state index is 12.9. The molecule has 0 unspecified atom stereocenters. The van der Waals surface area contributed by atoms with Gasteiger partial charge in [-0.05, 0) is 31.5 Å². The summed E-state index contributed by atoms with van der Waals surface area (Å²) in [7, 11) is 3.99. The molecule has 0 saturated carbocycles. The molecule has 0 aliphatic carbocycles. The zero-order valence-corrected chi connectivity index (χ0v) is 14.1. The van der Waals surface area contributed by atoms with E-state index in [4.69, 9.17) is 0 Å². The average Bonchev–Trinajstić information content (AvgIpc) is 2.97. The number of rotatable bonds is 4. The third-order valence-corrected chi connectivity index (χ3v) is 4.83. The molecule has 2 N–H and O–H groups in total. The minimum absolute atomic E-state index is 0.0368. The van der Waals surface area contributed by atoms with Gasteiger partial charge in [0.1, 0.15) is 5.75 Å². The summed E-state index contributed by atoms with van der Waals surface area (Å²) >= 11 is 0. The topological polar surface area (TPSA) is 64.0 Å². The molecule has 1 heterocycles. The number of hydrogen-bond donors (Lipinski definition) is 2. The minimum atomic E-state index is -0.169. The van der Waals surface area contributed by atoms with Crippen LogP contribution < -0.4 is 0 Å². The fourth-order valence-corrected chi connectivity index (χ4v) is 3.59. The summed E-state index contributed by atoms with van der Waals surface area (Å²) in [5.74, 6) is 0.197. The van der Waals surface area contributed by atoms with Crippen molar-refractivity contribution in [1.29, 1.82) is 0 Å². The Morgan fingerprint density at radius 2 is 1.88 bits per heavy atom. The largest absolute Gasteiger partial charge is 0.506 e. The smallest absolute Gasteiger partial charge is 0.257 e. The van der Waals surface area contributed by atoms with Crippen LogP contribution in [0.15, 0.2) is 36.4 Å². The van der Waals surface area contributed by atoms with Gasteiger partial charge in [-0.25, -0.2) is 0 Å². The highest BCUT2D eigenvalue weighted by atomic mass is 16.3. The first kappa shape index (κ1) is 16.7. The van der Waals surface area contributed by atoms with E-state index in [1.165, 1.54) is 0 Å². The second-order valence-corrected chi connectivity index (χ2v) is 6.86. The number of hydrogen-bond acceptors (Lipinski definition) is 4. The van der Waals surface area contributed by atoms with E-state index >= 15 is 0 Å². The van der Waals surface area contributed by atoms with Crippen LogP contribution in [0.5, 0.6) is 5.75 Å². The molecule has 1 amide bonds. The number of carbonyl (C=O) groups excluding carboxylic acids is 1. The van der Waals surface area contributed by atoms with Crippen LogP contribution in [0.4, 0.5) is 0 Å². The average molecular weight is 328 g/mol. The number of fused-ring (bicyclic) bond motifs is 1. The number of likely N-dealkylation sites (tertiary alicyclic amines) is 1. The van der Waals surface area contributed by atoms with Gasteiger partial charge in [0, 0.05) is 37.5 Å². The van der Waals surface area contributed by atoms with Gasteiger partial charge in [-0.2, -0.15) is 0 Å². The Labute approximate surface area is 142 Å². The van der Waals surface area contributed by atoms with Gasteiger partial charge in [0.15, 0.2) is 0 Å². The lowest BCUT2D eigenvalue weighted by molar-refractivity contribution is 0.0777. The van der Waals surface area contributed by atoms with Crippen LogP contribution >= 0.6 is 0 Å². The summed E-state index contributed by atoms with van der Waals surface area (Å²) in [6, 6.07) is 11.0. The molecule has 1 aliphatic heterocycles. The van der Waals surface area contributed by atoms with Crippen molar-refractivity contribution in [3.8, 4) is 5.75 Å². The summed E-state index contributed by atoms with van der Waals surface area (Å²) in [5, 5.41) is 21.7. The maximum Gasteiger partial charge on any atom is 0.257 e. The Balaban J connectivity index is 1.86. The zero-order valence-electron chi connectivity index (χ0n) is 14.1. The van der Waals surface area contributed by atoms with Gasteiger partial charge in [-0.1, -0.05) is 30.3 Å². The van der Waals surface area contributed by atoms with Crippen LogP contribution in [0.1, 0.15) is 10.4 Å². The molecule has 0 spiro atoms. The molecule has 1 saturated heterocycles. The standard InChI is InChI=1S/C19H24N2O3/c1-20(2)9-14-10-21(11-15(14)12-22)19(24)17-8-7-13-5-3-4-6-16(13)18(17)23/h3-8,14-15,22-23H,9-12H2,1-2H3/t14-,15-/m1/s1. The van der Waals surface area contributed by atoms with Crippen molar-refractivity contribution in [3.05, 3.63) is 42.0 Å². The summed E-state index contributed by atoms with van der Waals surface area (Å²) < 4.78 is 0. The molecule has 2 aromatic carbocycles. The molecular weight excluding hydrogens is 304 g/mol. The molecule has 0 radical (unpaired) electrons. The molecule has 0 aromatic heterocycles. The summed E-state index contributed by atoms with van der Waals surface area (Å²) in [5.41, 5.74) is 0.330. The second kappa shape index (κ2) is 6.79. The lowest BCUT2D eigenvalue weighted by Gasteiger charge is -2.20. The number of carbonyl (C=O) groups is 1. The molecule has 1 fully saturated rings. The number of aromatic hydroxyl groups is 1. The predicted molar refractivity (Wildman–Crippen MR) is 94.1 cm³/mol. The number of phenols is 1. The molecule has 128 valence electrons. The second-order valence-electron chi connectivity index (χ2n) is 6.86. The third-order valence-electron chi connectivity index (χ3n) is 4.83. The number of benzene rings is 2. The normalized spacial score (nSPS) is 20.9. The Bertz CT molecular complexity index is 744. The number of nitrogens with zero attached hydrogens (tertiary/aromatic N) is 2. The number of amides is 1. The summed E-state index contributed by atoms with van der Waals surface area (Å²) in [6.07, 6.45) is 0. The molecule has 5 heteroatoms. The Hall–Kier alpha value is -2.11. The van der Waals surface area contributed by atoms with Crippen molar-refractivity contribution in [2.45, 2.75) is 0 Å². The van der Waals surface area contributed by atoms with Gasteiger partial charge < -0.3 is 20.0 Å². The van der Waals surface area contributed by atoms with Gasteiger partial charge in [-0.3, -0.25) is 4.79 Å². The first-order valence-electron chi connectivity index (χ1n) is 8.27. The first-order chi connectivity index (χ1) is 11.5. The molecule has 5 nitrogen and oxygen atoms in total. The van der Waals surface area contributed by atoms with Crippen molar-refractivity contribution in [2.24, 2.45) is 11.8 Å². The molecular formula is C19H24N2O3. The van der Waals surface area contributed by atoms with Crippen molar-refractivity contribution in [3.63, 3.8) is 0 Å². The molecule has 1 aliphatic rings. The van der Waals surface area contributed by atoms with E-state index in [1.54, 1.807) is 11.0 Å². The predicted octanol–water partition coefficient (Wildman–Crippen LogP) is 1.79. The van der Waals surface area contributed by atoms with Crippen molar-refractivity contribution >= 4 is 16.7 Å². The number of phenolic OH excluding ortho intramolecular Hbond substituents is 1. The van der Waals surface area contributed by atoms with Crippen LogP contribution in [-0.2, 0) is 0 Å². The van der Waals surface area contributed by atoms with Crippen LogP contribution in [0.25, 0.3) is 10.8 Å². The van der Waals surface area contributed by atoms with Gasteiger partial charge in [0.05, 0.1) is 5.56 Å². The van der Waals surface area contributed by atoms with Crippen molar-refractivity contribution in [1.82, 2.24) is 9.80 Å². The van der Waals surface area contributed by atoms with E-state index in [9.17, 15) is 15.0 Å². The van der Waals surface area contributed by atoms with E-state index < -0.39 is 0 Å². The zero-order chi connectivity index (χ0) is 17.3. The lowest BCUT2D eigenvalue weighted by atomic mass is 9.97. The maximum absolute atomic E-state index is 12.9. The number of aliphatic hydroxyl groups is 1. The number of aliphatic hydroxyl groups excluding tert-OH is 1. The lowest BCUT2D eigenvalue weighted by Crippen LogP contribution is -2.30. The Morgan fingerprint density at radius 3 is 2.58 bits per heavy atom. The first-order valence-corrected chi connectivity index (χ1v) is 8.27. The summed E-state index contributed by atoms with van der Waals surface area (Å²) in [6.45, 7) is 2.04.